The minimum atomic E-state index is -4.78. The van der Waals surface area contributed by atoms with E-state index >= 15 is 0 Å². The lowest BCUT2D eigenvalue weighted by molar-refractivity contribution is -0.141. The first kappa shape index (κ1) is 36.1. The Morgan fingerprint density at radius 1 is 1.18 bits per heavy atom. The van der Waals surface area contributed by atoms with Gasteiger partial charge in [0.15, 0.2) is 5.69 Å². The number of nitrogens with one attached hydrogen (secondary N) is 1. The maximum absolute atomic E-state index is 14.2. The molecule has 18 heteroatoms. The fraction of sp³-hybridized carbons (Fsp3) is 0.485. The van der Waals surface area contributed by atoms with Gasteiger partial charge < -0.3 is 15.0 Å². The van der Waals surface area contributed by atoms with Gasteiger partial charge in [-0.05, 0) is 69.9 Å². The zero-order valence-electron chi connectivity index (χ0n) is 28.3. The van der Waals surface area contributed by atoms with Gasteiger partial charge in [-0.2, -0.15) is 37.2 Å². The number of aromatic nitrogens is 7. The summed E-state index contributed by atoms with van der Waals surface area (Å²) in [4.78, 5) is 34.2. The number of carbonyl (C=O) groups excluding carboxylic acids is 2. The molecule has 12 nitrogen and oxygen atoms in total. The van der Waals surface area contributed by atoms with E-state index < -0.39 is 41.3 Å². The van der Waals surface area contributed by atoms with Crippen molar-refractivity contribution in [3.63, 3.8) is 0 Å². The van der Waals surface area contributed by atoms with Crippen LogP contribution in [0.25, 0.3) is 11.3 Å². The van der Waals surface area contributed by atoms with Crippen LogP contribution in [0.5, 0.6) is 5.88 Å². The Labute approximate surface area is 294 Å². The maximum Gasteiger partial charge on any atom is 0.435 e. The highest BCUT2D eigenvalue weighted by Gasteiger charge is 2.65. The number of alkyl halides is 5. The van der Waals surface area contributed by atoms with Crippen molar-refractivity contribution in [2.45, 2.75) is 83.7 Å². The number of hydrogen-bond acceptors (Lipinski definition) is 8. The van der Waals surface area contributed by atoms with Crippen LogP contribution in [0.2, 0.25) is 5.15 Å². The molecule has 6 rings (SSSR count). The number of hydrogen-bond donors (Lipinski definition) is 1. The molecule has 1 spiro atoms. The van der Waals surface area contributed by atoms with Crippen molar-refractivity contribution in [3.8, 4) is 17.1 Å². The Bertz CT molecular complexity index is 1980. The second kappa shape index (κ2) is 13.1. The minimum Gasteiger partial charge on any atom is -0.479 e. The van der Waals surface area contributed by atoms with Crippen LogP contribution < -0.4 is 10.1 Å². The van der Waals surface area contributed by atoms with E-state index in [1.165, 1.54) is 24.3 Å². The van der Waals surface area contributed by atoms with Crippen molar-refractivity contribution in [2.24, 2.45) is 5.41 Å². The molecule has 51 heavy (non-hydrogen) atoms. The maximum atomic E-state index is 14.2. The molecule has 2 fully saturated rings. The molecule has 0 aromatic carbocycles. The molecule has 4 aromatic heterocycles. The molecular weight excluding hydrogens is 701 g/mol. The number of carbonyl (C=O) groups is 2. The Balaban J connectivity index is 1.29. The second-order valence-corrected chi connectivity index (χ2v) is 14.0. The van der Waals surface area contributed by atoms with Crippen LogP contribution in [0, 0.1) is 19.3 Å². The van der Waals surface area contributed by atoms with E-state index in [9.17, 15) is 31.5 Å². The lowest BCUT2D eigenvalue weighted by atomic mass is 9.96. The van der Waals surface area contributed by atoms with Crippen molar-refractivity contribution in [3.05, 3.63) is 70.0 Å². The summed E-state index contributed by atoms with van der Waals surface area (Å²) >= 11 is 6.05. The Kier molecular flexibility index (Phi) is 9.31. The largest absolute Gasteiger partial charge is 0.479 e. The van der Waals surface area contributed by atoms with E-state index in [0.717, 1.165) is 22.5 Å². The van der Waals surface area contributed by atoms with Gasteiger partial charge in [-0.15, -0.1) is 5.10 Å². The van der Waals surface area contributed by atoms with Gasteiger partial charge in [0, 0.05) is 30.8 Å². The van der Waals surface area contributed by atoms with Crippen LogP contribution >= 0.6 is 11.6 Å². The van der Waals surface area contributed by atoms with Crippen LogP contribution in [0.3, 0.4) is 0 Å². The van der Waals surface area contributed by atoms with Crippen molar-refractivity contribution >= 4 is 23.4 Å². The Hall–Kier alpha value is -4.67. The first-order valence-corrected chi connectivity index (χ1v) is 16.4. The molecule has 1 aliphatic heterocycles. The van der Waals surface area contributed by atoms with Gasteiger partial charge in [0.25, 0.3) is 0 Å². The molecule has 0 unspecified atom stereocenters. The topological polar surface area (TPSA) is 133 Å². The van der Waals surface area contributed by atoms with Gasteiger partial charge in [0.2, 0.25) is 17.7 Å². The summed E-state index contributed by atoms with van der Waals surface area (Å²) in [6.45, 7) is 3.71. The third kappa shape index (κ3) is 7.12. The van der Waals surface area contributed by atoms with Gasteiger partial charge in [-0.3, -0.25) is 14.3 Å². The summed E-state index contributed by atoms with van der Waals surface area (Å²) in [6, 6.07) is 4.75. The lowest BCUT2D eigenvalue weighted by Gasteiger charge is -2.33. The summed E-state index contributed by atoms with van der Waals surface area (Å²) < 4.78 is 75.4. The highest BCUT2D eigenvalue weighted by atomic mass is 35.5. The first-order chi connectivity index (χ1) is 23.9. The number of ether oxygens (including phenoxy) is 1. The summed E-state index contributed by atoms with van der Waals surface area (Å²) in [5.74, 6) is -1.03. The van der Waals surface area contributed by atoms with Gasteiger partial charge in [0.1, 0.15) is 11.2 Å². The van der Waals surface area contributed by atoms with Crippen LogP contribution in [-0.4, -0.2) is 76.7 Å². The lowest BCUT2D eigenvalue weighted by Crippen LogP contribution is -2.56. The van der Waals surface area contributed by atoms with Crippen LogP contribution in [0.15, 0.2) is 36.7 Å². The Morgan fingerprint density at radius 2 is 1.92 bits per heavy atom. The number of nitrogens with zero attached hydrogens (tertiary/aromatic N) is 8. The standard InChI is InChI=1S/C33H35ClF5N9O3/c1-17-10-21(28(51-5)44-43-17)23-12-25(33(37,38)39)45-48(23)16-31(3,4)42-27(49)24(11-19-14-40-47(15-19)30(35)36)46-9-8-32(29(46)50)13-22(32)20-6-7-26(34)41-18(20)2/h6-7,10,12,14-15,22,24,30H,8-9,11,13,16H2,1-5H3,(H,42,49)/t22-,24-,32+/m1/s1. The smallest absolute Gasteiger partial charge is 0.435 e. The average molecular weight is 736 g/mol. The number of amides is 2. The molecule has 3 atom stereocenters. The highest BCUT2D eigenvalue weighted by molar-refractivity contribution is 6.29. The molecule has 4 aromatic rings. The summed E-state index contributed by atoms with van der Waals surface area (Å²) in [7, 11) is 1.31. The van der Waals surface area contributed by atoms with E-state index in [0.29, 0.717) is 39.6 Å². The highest BCUT2D eigenvalue weighted by Crippen LogP contribution is 2.65. The van der Waals surface area contributed by atoms with E-state index in [1.807, 2.05) is 13.0 Å². The van der Waals surface area contributed by atoms with Gasteiger partial charge >= 0.3 is 12.7 Å². The second-order valence-electron chi connectivity index (χ2n) is 13.6. The predicted molar refractivity (Wildman–Crippen MR) is 173 cm³/mol. The van der Waals surface area contributed by atoms with E-state index in [-0.39, 0.29) is 48.5 Å². The van der Waals surface area contributed by atoms with E-state index in [4.69, 9.17) is 16.3 Å². The zero-order valence-corrected chi connectivity index (χ0v) is 29.1. The fourth-order valence-corrected chi connectivity index (χ4v) is 7.13. The van der Waals surface area contributed by atoms with Crippen LogP contribution in [-0.2, 0) is 28.7 Å². The SMILES string of the molecule is COc1nnc(C)cc1-c1cc(C(F)(F)F)nn1CC(C)(C)NC(=O)[C@@H](Cc1cnn(C(F)F)c1)N1CC[C@@]2(C[C@@H]2c2ccc(Cl)nc2C)C1=O. The molecule has 1 saturated heterocycles. The molecule has 1 aliphatic carbocycles. The third-order valence-electron chi connectivity index (χ3n) is 9.42. The van der Waals surface area contributed by atoms with Crippen LogP contribution in [0.1, 0.15) is 67.4 Å². The molecule has 2 aliphatic rings. The van der Waals surface area contributed by atoms with Crippen molar-refractivity contribution in [1.82, 2.24) is 45.0 Å². The number of rotatable bonds is 11. The van der Waals surface area contributed by atoms with Gasteiger partial charge in [-0.1, -0.05) is 17.7 Å². The summed E-state index contributed by atoms with van der Waals surface area (Å²) in [6.07, 6.45) is -1.58. The fourth-order valence-electron chi connectivity index (χ4n) is 6.94. The average Bonchev–Trinajstić information content (AvgIpc) is 3.32. The third-order valence-corrected chi connectivity index (χ3v) is 9.63. The number of likely N-dealkylation sites (tertiary alicyclic amines) is 1. The van der Waals surface area contributed by atoms with Crippen molar-refractivity contribution in [2.75, 3.05) is 13.7 Å². The molecular formula is C33H35ClF5N9O3. The van der Waals surface area contributed by atoms with E-state index in [2.05, 4.69) is 30.7 Å². The number of aryl methyl sites for hydroxylation is 2. The normalized spacial score (nSPS) is 19.6. The molecule has 1 saturated carbocycles. The molecule has 0 radical (unpaired) electrons. The molecule has 0 bridgehead atoms. The summed E-state index contributed by atoms with van der Waals surface area (Å²) in [5, 5.41) is 18.6. The van der Waals surface area contributed by atoms with Crippen LogP contribution in [0.4, 0.5) is 22.0 Å². The van der Waals surface area contributed by atoms with Crippen molar-refractivity contribution in [1.29, 1.82) is 0 Å². The minimum absolute atomic E-state index is 0.0221. The number of halogens is 6. The Morgan fingerprint density at radius 3 is 2.57 bits per heavy atom. The molecule has 5 heterocycles. The zero-order chi connectivity index (χ0) is 37.0. The van der Waals surface area contributed by atoms with Gasteiger partial charge in [0.05, 0.1) is 47.8 Å². The van der Waals surface area contributed by atoms with E-state index in [1.54, 1.807) is 26.8 Å². The monoisotopic (exact) mass is 735 g/mol. The number of pyridine rings is 1. The quantitative estimate of drug-likeness (QED) is 0.157. The van der Waals surface area contributed by atoms with Crippen molar-refractivity contribution < 1.29 is 36.3 Å². The molecule has 272 valence electrons. The number of methoxy groups -OCH3 is 1. The molecule has 1 N–H and O–H groups in total. The summed E-state index contributed by atoms with van der Waals surface area (Å²) in [5.41, 5.74) is -0.620. The predicted octanol–water partition coefficient (Wildman–Crippen LogP) is 5.54. The molecule has 2 amide bonds. The van der Waals surface area contributed by atoms with Gasteiger partial charge in [-0.25, -0.2) is 9.67 Å². The first-order valence-electron chi connectivity index (χ1n) is 16.0.